The van der Waals surface area contributed by atoms with Gasteiger partial charge in [0.2, 0.25) is 11.9 Å². The van der Waals surface area contributed by atoms with E-state index in [-0.39, 0.29) is 16.7 Å². The van der Waals surface area contributed by atoms with Gasteiger partial charge < -0.3 is 19.9 Å². The molecule has 3 aromatic rings. The topological polar surface area (TPSA) is 70.2 Å². The smallest absolute Gasteiger partial charge is 0.249 e. The molecule has 1 aliphatic rings. The van der Waals surface area contributed by atoms with E-state index in [1.54, 1.807) is 25.5 Å². The highest BCUT2D eigenvalue weighted by Gasteiger charge is 2.33. The van der Waals surface area contributed by atoms with Crippen LogP contribution in [0.2, 0.25) is 5.02 Å². The minimum atomic E-state index is -0.457. The van der Waals surface area contributed by atoms with Gasteiger partial charge in [0.05, 0.1) is 10.7 Å². The Hall–Kier alpha value is -3.06. The molecule has 0 radical (unpaired) electrons. The number of benzene rings is 2. The van der Waals surface area contributed by atoms with Gasteiger partial charge in [-0.1, -0.05) is 23.7 Å². The molecule has 8 heteroatoms. The van der Waals surface area contributed by atoms with E-state index >= 15 is 0 Å². The summed E-state index contributed by atoms with van der Waals surface area (Å²) in [4.78, 5) is 21.4. The zero-order valence-electron chi connectivity index (χ0n) is 14.4. The van der Waals surface area contributed by atoms with Crippen LogP contribution in [-0.4, -0.2) is 29.0 Å². The van der Waals surface area contributed by atoms with E-state index in [1.165, 1.54) is 23.1 Å². The number of aromatic amines is 1. The van der Waals surface area contributed by atoms with Gasteiger partial charge in [-0.05, 0) is 23.8 Å². The second-order valence-electron chi connectivity index (χ2n) is 6.18. The van der Waals surface area contributed by atoms with E-state index < -0.39 is 11.9 Å². The summed E-state index contributed by atoms with van der Waals surface area (Å²) in [7, 11) is 1.68. The van der Waals surface area contributed by atoms with Crippen molar-refractivity contribution < 1.29 is 13.9 Å². The van der Waals surface area contributed by atoms with Crippen molar-refractivity contribution in [2.75, 3.05) is 17.3 Å². The normalized spacial score (nSPS) is 16.2. The summed E-state index contributed by atoms with van der Waals surface area (Å²) < 4.78 is 19.4. The number of hydrogen-bond donors (Lipinski definition) is 2. The summed E-state index contributed by atoms with van der Waals surface area (Å²) in [5.41, 5.74) is 1.56. The van der Waals surface area contributed by atoms with Crippen LogP contribution in [0.5, 0.6) is 11.5 Å². The monoisotopic (exact) mass is 386 g/mol. The Balaban J connectivity index is 1.66. The standard InChI is InChI=1S/C19H16ClFN4O2/c1-25-17-11(9-14(18(25)26)24-19-22-7-8-23-19)3-2-4-15(17)27-16-10-12(21)5-6-13(16)20/h2-8,10,14H,9H2,1H3,(H2,22,23,24)/t14-/m1/s1. The van der Waals surface area contributed by atoms with E-state index in [1.807, 2.05) is 12.1 Å². The van der Waals surface area contributed by atoms with Crippen LogP contribution in [0.1, 0.15) is 5.56 Å². The number of likely N-dealkylation sites (N-methyl/N-ethyl adjacent to an activating group) is 1. The molecular weight excluding hydrogens is 371 g/mol. The summed E-state index contributed by atoms with van der Waals surface area (Å²) in [5, 5.41) is 3.39. The predicted molar refractivity (Wildman–Crippen MR) is 101 cm³/mol. The van der Waals surface area contributed by atoms with Crippen LogP contribution in [0, 0.1) is 5.82 Å². The minimum absolute atomic E-state index is 0.125. The molecule has 27 heavy (non-hydrogen) atoms. The van der Waals surface area contributed by atoms with Gasteiger partial charge in [0.1, 0.15) is 17.6 Å². The van der Waals surface area contributed by atoms with E-state index in [2.05, 4.69) is 15.3 Å². The zero-order valence-corrected chi connectivity index (χ0v) is 15.1. The molecule has 0 fully saturated rings. The molecule has 0 aliphatic carbocycles. The molecule has 0 spiro atoms. The van der Waals surface area contributed by atoms with Crippen LogP contribution in [0.15, 0.2) is 48.8 Å². The molecule has 2 aromatic carbocycles. The van der Waals surface area contributed by atoms with Gasteiger partial charge in [0, 0.05) is 31.9 Å². The van der Waals surface area contributed by atoms with Gasteiger partial charge in [-0.2, -0.15) is 0 Å². The second kappa shape index (κ2) is 6.92. The average molecular weight is 387 g/mol. The van der Waals surface area contributed by atoms with Crippen molar-refractivity contribution in [2.24, 2.45) is 0 Å². The van der Waals surface area contributed by atoms with Crippen molar-refractivity contribution >= 4 is 29.1 Å². The fourth-order valence-corrected chi connectivity index (χ4v) is 3.30. The molecule has 0 saturated carbocycles. The van der Waals surface area contributed by atoms with Gasteiger partial charge in [-0.15, -0.1) is 0 Å². The summed E-state index contributed by atoms with van der Waals surface area (Å²) in [6.45, 7) is 0. The Kier molecular flexibility index (Phi) is 4.45. The molecule has 1 amide bonds. The van der Waals surface area contributed by atoms with E-state index in [4.69, 9.17) is 16.3 Å². The van der Waals surface area contributed by atoms with Gasteiger partial charge in [-0.3, -0.25) is 4.79 Å². The van der Waals surface area contributed by atoms with Gasteiger partial charge >= 0.3 is 0 Å². The summed E-state index contributed by atoms with van der Waals surface area (Å²) in [6, 6.07) is 8.93. The van der Waals surface area contributed by atoms with Crippen molar-refractivity contribution in [3.05, 3.63) is 65.2 Å². The van der Waals surface area contributed by atoms with Crippen molar-refractivity contribution in [3.8, 4) is 11.5 Å². The highest BCUT2D eigenvalue weighted by atomic mass is 35.5. The van der Waals surface area contributed by atoms with Gasteiger partial charge in [-0.25, -0.2) is 9.37 Å². The molecule has 4 rings (SSSR count). The molecule has 1 aromatic heterocycles. The van der Waals surface area contributed by atoms with Crippen molar-refractivity contribution in [1.29, 1.82) is 0 Å². The number of fused-ring (bicyclic) bond motifs is 1. The number of carbonyl (C=O) groups excluding carboxylic acids is 1. The first-order valence-electron chi connectivity index (χ1n) is 8.31. The highest BCUT2D eigenvalue weighted by molar-refractivity contribution is 6.32. The number of aromatic nitrogens is 2. The third-order valence-corrected chi connectivity index (χ3v) is 4.71. The molecular formula is C19H16ClFN4O2. The van der Waals surface area contributed by atoms with Crippen LogP contribution < -0.4 is 15.0 Å². The van der Waals surface area contributed by atoms with Crippen LogP contribution in [-0.2, 0) is 11.2 Å². The first kappa shape index (κ1) is 17.4. The summed E-state index contributed by atoms with van der Waals surface area (Å²) >= 11 is 6.10. The lowest BCUT2D eigenvalue weighted by Gasteiger charge is -2.33. The number of carbonyl (C=O) groups is 1. The lowest BCUT2D eigenvalue weighted by Crippen LogP contribution is -2.46. The van der Waals surface area contributed by atoms with Crippen LogP contribution in [0.25, 0.3) is 0 Å². The molecule has 0 saturated heterocycles. The van der Waals surface area contributed by atoms with Gasteiger partial charge in [0.15, 0.2) is 5.75 Å². The SMILES string of the molecule is CN1C(=O)[C@H](Nc2ncc[nH]2)Cc2cccc(Oc3cc(F)ccc3Cl)c21. The van der Waals surface area contributed by atoms with Crippen LogP contribution in [0.4, 0.5) is 16.0 Å². The first-order chi connectivity index (χ1) is 13.0. The third-order valence-electron chi connectivity index (χ3n) is 4.39. The number of imidazole rings is 1. The summed E-state index contributed by atoms with van der Waals surface area (Å²) in [6.07, 6.45) is 3.76. The fraction of sp³-hybridized carbons (Fsp3) is 0.158. The fourth-order valence-electron chi connectivity index (χ4n) is 3.14. The van der Waals surface area contributed by atoms with Gasteiger partial charge in [0.25, 0.3) is 0 Å². The number of para-hydroxylation sites is 1. The Bertz CT molecular complexity index is 993. The molecule has 2 N–H and O–H groups in total. The molecule has 1 aliphatic heterocycles. The summed E-state index contributed by atoms with van der Waals surface area (Å²) in [5.74, 6) is 0.588. The minimum Gasteiger partial charge on any atom is -0.453 e. The van der Waals surface area contributed by atoms with E-state index in [0.29, 0.717) is 23.8 Å². The first-order valence-corrected chi connectivity index (χ1v) is 8.69. The number of ether oxygens (including phenoxy) is 1. The van der Waals surface area contributed by atoms with Crippen molar-refractivity contribution in [1.82, 2.24) is 9.97 Å². The number of anilines is 2. The molecule has 6 nitrogen and oxygen atoms in total. The Morgan fingerprint density at radius 3 is 2.96 bits per heavy atom. The number of rotatable bonds is 4. The maximum Gasteiger partial charge on any atom is 0.249 e. The largest absolute Gasteiger partial charge is 0.453 e. The molecule has 0 bridgehead atoms. The Morgan fingerprint density at radius 1 is 1.33 bits per heavy atom. The predicted octanol–water partition coefficient (Wildman–Crippen LogP) is 3.99. The maximum atomic E-state index is 13.5. The lowest BCUT2D eigenvalue weighted by atomic mass is 9.97. The molecule has 138 valence electrons. The third kappa shape index (κ3) is 3.33. The quantitative estimate of drug-likeness (QED) is 0.711. The number of nitrogens with one attached hydrogen (secondary N) is 2. The number of halogens is 2. The number of hydrogen-bond acceptors (Lipinski definition) is 4. The molecule has 2 heterocycles. The zero-order chi connectivity index (χ0) is 19.0. The van der Waals surface area contributed by atoms with E-state index in [9.17, 15) is 9.18 Å². The Labute approximate surface area is 159 Å². The lowest BCUT2D eigenvalue weighted by molar-refractivity contribution is -0.119. The number of nitrogens with zero attached hydrogens (tertiary/aromatic N) is 2. The average Bonchev–Trinajstić information content (AvgIpc) is 3.15. The van der Waals surface area contributed by atoms with Crippen LogP contribution in [0.3, 0.4) is 0 Å². The van der Waals surface area contributed by atoms with Crippen molar-refractivity contribution in [2.45, 2.75) is 12.5 Å². The maximum absolute atomic E-state index is 13.5. The van der Waals surface area contributed by atoms with E-state index in [0.717, 1.165) is 5.56 Å². The highest BCUT2D eigenvalue weighted by Crippen LogP contribution is 2.40. The van der Waals surface area contributed by atoms with Crippen LogP contribution >= 0.6 is 11.6 Å². The number of amides is 1. The molecule has 0 unspecified atom stereocenters. The second-order valence-corrected chi connectivity index (χ2v) is 6.58. The Morgan fingerprint density at radius 2 is 2.19 bits per heavy atom. The van der Waals surface area contributed by atoms with Crippen molar-refractivity contribution in [3.63, 3.8) is 0 Å². The number of H-pyrrole nitrogens is 1. The molecule has 1 atom stereocenters.